The van der Waals surface area contributed by atoms with E-state index in [2.05, 4.69) is 10.3 Å². The fourth-order valence-electron chi connectivity index (χ4n) is 1.42. The highest BCUT2D eigenvalue weighted by molar-refractivity contribution is 5.98. The van der Waals surface area contributed by atoms with E-state index >= 15 is 0 Å². The normalized spacial score (nSPS) is 18.1. The maximum absolute atomic E-state index is 11.4. The summed E-state index contributed by atoms with van der Waals surface area (Å²) in [5.74, 6) is 0.396. The predicted molar refractivity (Wildman–Crippen MR) is 60.6 cm³/mol. The summed E-state index contributed by atoms with van der Waals surface area (Å²) in [6, 6.07) is 5.08. The Morgan fingerprint density at radius 1 is 1.50 bits per heavy atom. The summed E-state index contributed by atoms with van der Waals surface area (Å²) in [5, 5.41) is 2.71. The van der Waals surface area contributed by atoms with Crippen molar-refractivity contribution in [3.05, 3.63) is 18.2 Å². The molecule has 84 valence electrons. The number of anilines is 1. The number of rotatable bonds is 1. The minimum atomic E-state index is -0.485. The minimum absolute atomic E-state index is 0.0311. The Labute approximate surface area is 92.3 Å². The van der Waals surface area contributed by atoms with Crippen molar-refractivity contribution in [2.24, 2.45) is 16.5 Å². The summed E-state index contributed by atoms with van der Waals surface area (Å²) < 4.78 is 5.38. The van der Waals surface area contributed by atoms with E-state index in [-0.39, 0.29) is 11.9 Å². The van der Waals surface area contributed by atoms with Gasteiger partial charge in [-0.05, 0) is 25.1 Å². The molecule has 1 aliphatic heterocycles. The van der Waals surface area contributed by atoms with Crippen LogP contribution in [0.1, 0.15) is 6.92 Å². The molecule has 0 saturated carbocycles. The lowest BCUT2D eigenvalue weighted by Crippen LogP contribution is -2.34. The van der Waals surface area contributed by atoms with Crippen LogP contribution in [0.3, 0.4) is 0 Å². The SMILES string of the molecule is CC1Oc2ccc(N=C(N)N)cc2NC1=O. The van der Waals surface area contributed by atoms with Gasteiger partial charge in [-0.3, -0.25) is 4.79 Å². The molecule has 1 amide bonds. The molecule has 5 N–H and O–H groups in total. The molecular weight excluding hydrogens is 208 g/mol. The van der Waals surface area contributed by atoms with Crippen LogP contribution in [0.5, 0.6) is 5.75 Å². The molecule has 1 aromatic rings. The van der Waals surface area contributed by atoms with Crippen molar-refractivity contribution in [3.63, 3.8) is 0 Å². The van der Waals surface area contributed by atoms with Crippen molar-refractivity contribution in [3.8, 4) is 5.75 Å². The maximum atomic E-state index is 11.4. The Bertz CT molecular complexity index is 466. The Balaban J connectivity index is 2.36. The molecule has 0 saturated heterocycles. The lowest BCUT2D eigenvalue weighted by Gasteiger charge is -2.23. The lowest BCUT2D eigenvalue weighted by atomic mass is 10.2. The first-order valence-electron chi connectivity index (χ1n) is 4.77. The molecule has 0 spiro atoms. The fourth-order valence-corrected chi connectivity index (χ4v) is 1.42. The molecule has 0 aromatic heterocycles. The Kier molecular flexibility index (Phi) is 2.40. The van der Waals surface area contributed by atoms with Gasteiger partial charge in [-0.2, -0.15) is 0 Å². The van der Waals surface area contributed by atoms with E-state index in [4.69, 9.17) is 16.2 Å². The number of carbonyl (C=O) groups excluding carboxylic acids is 1. The zero-order valence-electron chi connectivity index (χ0n) is 8.73. The third-order valence-corrected chi connectivity index (χ3v) is 2.15. The standard InChI is InChI=1S/C10H12N4O2/c1-5-9(15)14-7-4-6(13-10(11)12)2-3-8(7)16-5/h2-5H,1H3,(H,14,15)(H4,11,12,13). The molecule has 1 aliphatic rings. The van der Waals surface area contributed by atoms with Gasteiger partial charge in [-0.15, -0.1) is 0 Å². The number of carbonyl (C=O) groups is 1. The van der Waals surface area contributed by atoms with Gasteiger partial charge in [0.1, 0.15) is 5.75 Å². The van der Waals surface area contributed by atoms with Crippen LogP contribution in [0, 0.1) is 0 Å². The molecule has 0 bridgehead atoms. The molecule has 1 heterocycles. The number of guanidine groups is 1. The van der Waals surface area contributed by atoms with Crippen molar-refractivity contribution in [2.75, 3.05) is 5.32 Å². The number of nitrogens with two attached hydrogens (primary N) is 2. The van der Waals surface area contributed by atoms with E-state index in [1.165, 1.54) is 0 Å². The molecule has 1 unspecified atom stereocenters. The van der Waals surface area contributed by atoms with Crippen LogP contribution in [0.4, 0.5) is 11.4 Å². The smallest absolute Gasteiger partial charge is 0.265 e. The quantitative estimate of drug-likeness (QED) is 0.468. The second-order valence-electron chi connectivity index (χ2n) is 3.47. The van der Waals surface area contributed by atoms with Gasteiger partial charge in [-0.1, -0.05) is 0 Å². The summed E-state index contributed by atoms with van der Waals surface area (Å²) in [4.78, 5) is 15.2. The fraction of sp³-hybridized carbons (Fsp3) is 0.200. The summed E-state index contributed by atoms with van der Waals surface area (Å²) in [5.41, 5.74) is 11.7. The number of amides is 1. The Morgan fingerprint density at radius 3 is 2.94 bits per heavy atom. The maximum Gasteiger partial charge on any atom is 0.265 e. The van der Waals surface area contributed by atoms with Crippen molar-refractivity contribution < 1.29 is 9.53 Å². The monoisotopic (exact) mass is 220 g/mol. The zero-order chi connectivity index (χ0) is 11.7. The number of benzene rings is 1. The van der Waals surface area contributed by atoms with Crippen LogP contribution in [0.2, 0.25) is 0 Å². The molecule has 16 heavy (non-hydrogen) atoms. The first kappa shape index (κ1) is 10.3. The van der Waals surface area contributed by atoms with E-state index in [0.29, 0.717) is 17.1 Å². The summed E-state index contributed by atoms with van der Waals surface area (Å²) in [7, 11) is 0. The second-order valence-corrected chi connectivity index (χ2v) is 3.47. The van der Waals surface area contributed by atoms with E-state index in [0.717, 1.165) is 0 Å². The molecule has 1 atom stereocenters. The number of nitrogens with zero attached hydrogens (tertiary/aromatic N) is 1. The van der Waals surface area contributed by atoms with Gasteiger partial charge < -0.3 is 21.5 Å². The van der Waals surface area contributed by atoms with Crippen LogP contribution >= 0.6 is 0 Å². The average molecular weight is 220 g/mol. The van der Waals surface area contributed by atoms with Gasteiger partial charge in [0.25, 0.3) is 5.91 Å². The molecule has 2 rings (SSSR count). The summed E-state index contributed by atoms with van der Waals surface area (Å²) in [6.07, 6.45) is -0.485. The molecule has 0 aliphatic carbocycles. The van der Waals surface area contributed by atoms with Crippen LogP contribution in [0.25, 0.3) is 0 Å². The van der Waals surface area contributed by atoms with Gasteiger partial charge >= 0.3 is 0 Å². The molecule has 0 radical (unpaired) electrons. The predicted octanol–water partition coefficient (Wildman–Crippen LogP) is 0.311. The average Bonchev–Trinajstić information content (AvgIpc) is 2.19. The van der Waals surface area contributed by atoms with E-state index < -0.39 is 6.10 Å². The third kappa shape index (κ3) is 1.90. The van der Waals surface area contributed by atoms with E-state index in [1.54, 1.807) is 25.1 Å². The highest BCUT2D eigenvalue weighted by Gasteiger charge is 2.23. The Morgan fingerprint density at radius 2 is 2.25 bits per heavy atom. The molecular formula is C10H12N4O2. The number of fused-ring (bicyclic) bond motifs is 1. The Hall–Kier alpha value is -2.24. The zero-order valence-corrected chi connectivity index (χ0v) is 8.73. The second kappa shape index (κ2) is 3.73. The van der Waals surface area contributed by atoms with Gasteiger partial charge in [0.05, 0.1) is 11.4 Å². The van der Waals surface area contributed by atoms with Gasteiger partial charge in [-0.25, -0.2) is 4.99 Å². The largest absolute Gasteiger partial charge is 0.479 e. The molecule has 6 nitrogen and oxygen atoms in total. The van der Waals surface area contributed by atoms with Crippen molar-refractivity contribution in [2.45, 2.75) is 13.0 Å². The summed E-state index contributed by atoms with van der Waals surface area (Å²) >= 11 is 0. The minimum Gasteiger partial charge on any atom is -0.479 e. The van der Waals surface area contributed by atoms with Crippen LogP contribution in [0.15, 0.2) is 23.2 Å². The molecule has 6 heteroatoms. The number of nitrogens with one attached hydrogen (secondary N) is 1. The number of aliphatic imine (C=N–C) groups is 1. The van der Waals surface area contributed by atoms with Crippen LogP contribution in [-0.2, 0) is 4.79 Å². The van der Waals surface area contributed by atoms with E-state index in [1.807, 2.05) is 0 Å². The highest BCUT2D eigenvalue weighted by Crippen LogP contribution is 2.32. The number of hydrogen-bond donors (Lipinski definition) is 3. The topological polar surface area (TPSA) is 103 Å². The van der Waals surface area contributed by atoms with E-state index in [9.17, 15) is 4.79 Å². The molecule has 1 aromatic carbocycles. The van der Waals surface area contributed by atoms with Gasteiger partial charge in [0.2, 0.25) is 0 Å². The number of ether oxygens (including phenoxy) is 1. The first-order valence-corrected chi connectivity index (χ1v) is 4.77. The first-order chi connectivity index (χ1) is 7.56. The highest BCUT2D eigenvalue weighted by atomic mass is 16.5. The van der Waals surface area contributed by atoms with Crippen molar-refractivity contribution >= 4 is 23.2 Å². The van der Waals surface area contributed by atoms with Crippen molar-refractivity contribution in [1.29, 1.82) is 0 Å². The third-order valence-electron chi connectivity index (χ3n) is 2.15. The molecule has 0 fully saturated rings. The summed E-state index contributed by atoms with van der Waals surface area (Å²) in [6.45, 7) is 1.68. The van der Waals surface area contributed by atoms with Gasteiger partial charge in [0, 0.05) is 0 Å². The number of hydrogen-bond acceptors (Lipinski definition) is 3. The van der Waals surface area contributed by atoms with Crippen molar-refractivity contribution in [1.82, 2.24) is 0 Å². The van der Waals surface area contributed by atoms with Gasteiger partial charge in [0.15, 0.2) is 12.1 Å². The van der Waals surface area contributed by atoms with Crippen LogP contribution in [-0.4, -0.2) is 18.0 Å². The lowest BCUT2D eigenvalue weighted by molar-refractivity contribution is -0.122. The van der Waals surface area contributed by atoms with Crippen LogP contribution < -0.4 is 21.5 Å².